The number of ether oxygens (including phenoxy) is 2. The summed E-state index contributed by atoms with van der Waals surface area (Å²) in [7, 11) is 1.65. The number of hydrogen-bond acceptors (Lipinski definition) is 5. The van der Waals surface area contributed by atoms with Crippen molar-refractivity contribution < 1.29 is 19.1 Å². The average Bonchev–Trinajstić information content (AvgIpc) is 2.93. The van der Waals surface area contributed by atoms with E-state index in [1.807, 2.05) is 78.9 Å². The van der Waals surface area contributed by atoms with Crippen LogP contribution in [-0.4, -0.2) is 51.2 Å². The van der Waals surface area contributed by atoms with Gasteiger partial charge in [-0.15, -0.1) is 0 Å². The van der Waals surface area contributed by atoms with Gasteiger partial charge in [0.05, 0.1) is 12.7 Å². The van der Waals surface area contributed by atoms with Crippen molar-refractivity contribution in [3.63, 3.8) is 0 Å². The first-order valence-electron chi connectivity index (χ1n) is 12.4. The number of benzene rings is 3. The molecule has 0 atom stereocenters. The summed E-state index contributed by atoms with van der Waals surface area (Å²) in [6.45, 7) is 2.04. The van der Waals surface area contributed by atoms with Gasteiger partial charge in [-0.1, -0.05) is 48.5 Å². The van der Waals surface area contributed by atoms with Crippen molar-refractivity contribution in [3.05, 3.63) is 90.0 Å². The Morgan fingerprint density at radius 3 is 2.39 bits per heavy atom. The zero-order valence-electron chi connectivity index (χ0n) is 20.6. The molecule has 1 saturated heterocycles. The molecule has 3 aromatic rings. The van der Waals surface area contributed by atoms with Gasteiger partial charge in [-0.05, 0) is 55.2 Å². The summed E-state index contributed by atoms with van der Waals surface area (Å²) < 4.78 is 10.9. The molecular formula is C29H33N3O4. The topological polar surface area (TPSA) is 79.9 Å². The van der Waals surface area contributed by atoms with Crippen LogP contribution in [0.15, 0.2) is 78.9 Å². The van der Waals surface area contributed by atoms with Crippen LogP contribution in [0.4, 0.5) is 5.69 Å². The number of piperidine rings is 1. The Morgan fingerprint density at radius 1 is 0.917 bits per heavy atom. The van der Waals surface area contributed by atoms with Gasteiger partial charge in [0, 0.05) is 31.4 Å². The Labute approximate surface area is 212 Å². The number of carbonyl (C=O) groups excluding carboxylic acids is 2. The number of nitrogens with one attached hydrogen (secondary N) is 2. The van der Waals surface area contributed by atoms with Crippen LogP contribution < -0.4 is 25.0 Å². The van der Waals surface area contributed by atoms with E-state index in [-0.39, 0.29) is 24.5 Å². The maximum absolute atomic E-state index is 13.0. The zero-order valence-corrected chi connectivity index (χ0v) is 20.6. The summed E-state index contributed by atoms with van der Waals surface area (Å²) in [5.74, 6) is 1.30. The molecule has 0 aliphatic carbocycles. The van der Waals surface area contributed by atoms with E-state index in [1.54, 1.807) is 7.11 Å². The molecule has 36 heavy (non-hydrogen) atoms. The summed E-state index contributed by atoms with van der Waals surface area (Å²) in [5, 5.41) is 6.12. The SMILES string of the molecule is COc1ccccc1CCNC(=O)c1ccccc1N1CCC(NC(=O)COc2ccccc2)CC1. The highest BCUT2D eigenvalue weighted by atomic mass is 16.5. The van der Waals surface area contributed by atoms with Crippen LogP contribution in [0.25, 0.3) is 0 Å². The summed E-state index contributed by atoms with van der Waals surface area (Å²) in [6.07, 6.45) is 2.30. The third kappa shape index (κ3) is 6.78. The van der Waals surface area contributed by atoms with Gasteiger partial charge in [0.2, 0.25) is 0 Å². The molecule has 2 amide bonds. The zero-order chi connectivity index (χ0) is 25.2. The molecule has 0 aromatic heterocycles. The number of hydrogen-bond donors (Lipinski definition) is 2. The van der Waals surface area contributed by atoms with Crippen LogP contribution in [0.5, 0.6) is 11.5 Å². The van der Waals surface area contributed by atoms with Crippen LogP contribution >= 0.6 is 0 Å². The van der Waals surface area contributed by atoms with Crippen molar-refractivity contribution in [1.82, 2.24) is 10.6 Å². The molecule has 2 N–H and O–H groups in total. The molecular weight excluding hydrogens is 454 g/mol. The molecule has 0 spiro atoms. The van der Waals surface area contributed by atoms with Gasteiger partial charge in [0.1, 0.15) is 11.5 Å². The number of methoxy groups -OCH3 is 1. The second kappa shape index (κ2) is 12.6. The molecule has 4 rings (SSSR count). The highest BCUT2D eigenvalue weighted by Gasteiger charge is 2.24. The lowest BCUT2D eigenvalue weighted by atomic mass is 10.0. The van der Waals surface area contributed by atoms with E-state index in [1.165, 1.54) is 0 Å². The van der Waals surface area contributed by atoms with Gasteiger partial charge in [0.15, 0.2) is 6.61 Å². The summed E-state index contributed by atoms with van der Waals surface area (Å²) in [4.78, 5) is 27.5. The lowest BCUT2D eigenvalue weighted by Crippen LogP contribution is -2.46. The summed E-state index contributed by atoms with van der Waals surface area (Å²) >= 11 is 0. The number of para-hydroxylation sites is 3. The number of amides is 2. The van der Waals surface area contributed by atoms with E-state index in [0.717, 1.165) is 42.9 Å². The minimum atomic E-state index is -0.118. The first kappa shape index (κ1) is 25.1. The Bertz CT molecular complexity index is 1140. The van der Waals surface area contributed by atoms with E-state index in [2.05, 4.69) is 15.5 Å². The number of nitrogens with zero attached hydrogens (tertiary/aromatic N) is 1. The quantitative estimate of drug-likeness (QED) is 0.454. The smallest absolute Gasteiger partial charge is 0.258 e. The minimum Gasteiger partial charge on any atom is -0.496 e. The first-order chi connectivity index (χ1) is 17.6. The molecule has 1 fully saturated rings. The van der Waals surface area contributed by atoms with E-state index in [9.17, 15) is 9.59 Å². The van der Waals surface area contributed by atoms with Crippen LogP contribution in [-0.2, 0) is 11.2 Å². The Balaban J connectivity index is 1.26. The van der Waals surface area contributed by atoms with Gasteiger partial charge < -0.3 is 25.0 Å². The monoisotopic (exact) mass is 487 g/mol. The van der Waals surface area contributed by atoms with Crippen LogP contribution in [0.2, 0.25) is 0 Å². The number of anilines is 1. The Morgan fingerprint density at radius 2 is 1.61 bits per heavy atom. The molecule has 0 unspecified atom stereocenters. The molecule has 7 heteroatoms. The van der Waals surface area contributed by atoms with Crippen molar-refractivity contribution >= 4 is 17.5 Å². The fraction of sp³-hybridized carbons (Fsp3) is 0.310. The van der Waals surface area contributed by atoms with Crippen molar-refractivity contribution in [2.24, 2.45) is 0 Å². The maximum Gasteiger partial charge on any atom is 0.258 e. The molecule has 1 heterocycles. The van der Waals surface area contributed by atoms with E-state index in [4.69, 9.17) is 9.47 Å². The predicted molar refractivity (Wildman–Crippen MR) is 141 cm³/mol. The molecule has 1 aliphatic heterocycles. The largest absolute Gasteiger partial charge is 0.496 e. The highest BCUT2D eigenvalue weighted by molar-refractivity contribution is 5.99. The Kier molecular flexibility index (Phi) is 8.81. The molecule has 3 aromatic carbocycles. The molecule has 0 bridgehead atoms. The van der Waals surface area contributed by atoms with Gasteiger partial charge in [-0.2, -0.15) is 0 Å². The average molecular weight is 488 g/mol. The lowest BCUT2D eigenvalue weighted by Gasteiger charge is -2.34. The second-order valence-corrected chi connectivity index (χ2v) is 8.77. The fourth-order valence-electron chi connectivity index (χ4n) is 4.46. The second-order valence-electron chi connectivity index (χ2n) is 8.77. The van der Waals surface area contributed by atoms with Crippen molar-refractivity contribution in [1.29, 1.82) is 0 Å². The lowest BCUT2D eigenvalue weighted by molar-refractivity contribution is -0.123. The van der Waals surface area contributed by atoms with Gasteiger partial charge in [-0.25, -0.2) is 0 Å². The standard InChI is InChI=1S/C29H33N3O4/c1-35-27-14-8-5-9-22(27)15-18-30-29(34)25-12-6-7-13-26(25)32-19-16-23(17-20-32)31-28(33)21-36-24-10-3-2-4-11-24/h2-14,23H,15-21H2,1H3,(H,30,34)(H,31,33). The van der Waals surface area contributed by atoms with Crippen LogP contribution in [0, 0.1) is 0 Å². The van der Waals surface area contributed by atoms with E-state index < -0.39 is 0 Å². The third-order valence-corrected chi connectivity index (χ3v) is 6.33. The summed E-state index contributed by atoms with van der Waals surface area (Å²) in [5.41, 5.74) is 2.65. The molecule has 7 nitrogen and oxygen atoms in total. The number of carbonyl (C=O) groups is 2. The van der Waals surface area contributed by atoms with E-state index >= 15 is 0 Å². The van der Waals surface area contributed by atoms with Gasteiger partial charge in [0.25, 0.3) is 11.8 Å². The van der Waals surface area contributed by atoms with Crippen LogP contribution in [0.1, 0.15) is 28.8 Å². The van der Waals surface area contributed by atoms with E-state index in [0.29, 0.717) is 24.3 Å². The third-order valence-electron chi connectivity index (χ3n) is 6.33. The first-order valence-corrected chi connectivity index (χ1v) is 12.4. The van der Waals surface area contributed by atoms with Gasteiger partial charge >= 0.3 is 0 Å². The van der Waals surface area contributed by atoms with Crippen molar-refractivity contribution in [2.75, 3.05) is 38.3 Å². The van der Waals surface area contributed by atoms with Crippen LogP contribution in [0.3, 0.4) is 0 Å². The van der Waals surface area contributed by atoms with Gasteiger partial charge in [-0.3, -0.25) is 9.59 Å². The van der Waals surface area contributed by atoms with Crippen molar-refractivity contribution in [2.45, 2.75) is 25.3 Å². The fourth-order valence-corrected chi connectivity index (χ4v) is 4.46. The normalized spacial score (nSPS) is 13.6. The maximum atomic E-state index is 13.0. The molecule has 1 aliphatic rings. The predicted octanol–water partition coefficient (Wildman–Crippen LogP) is 3.83. The minimum absolute atomic E-state index is 0.00207. The molecule has 188 valence electrons. The van der Waals surface area contributed by atoms with Crippen molar-refractivity contribution in [3.8, 4) is 11.5 Å². The summed E-state index contributed by atoms with van der Waals surface area (Å²) in [6, 6.07) is 24.9. The Hall–Kier alpha value is -4.00. The number of rotatable bonds is 10. The highest BCUT2D eigenvalue weighted by Crippen LogP contribution is 2.24. The molecule has 0 saturated carbocycles. The molecule has 0 radical (unpaired) electrons.